The zero-order valence-corrected chi connectivity index (χ0v) is 25.8. The summed E-state index contributed by atoms with van der Waals surface area (Å²) in [6.07, 6.45) is -4.07. The van der Waals surface area contributed by atoms with Gasteiger partial charge in [0.05, 0.1) is 31.2 Å². The molecule has 3 aromatic carbocycles. The van der Waals surface area contributed by atoms with Crippen LogP contribution in [0.5, 0.6) is 17.2 Å². The molecule has 1 amide bonds. The Labute approximate surface area is 266 Å². The average molecular weight is 637 g/mol. The number of fused-ring (bicyclic) bond motifs is 2. The van der Waals surface area contributed by atoms with Crippen LogP contribution in [0.4, 0.5) is 0 Å². The lowest BCUT2D eigenvalue weighted by Crippen LogP contribution is -2.60. The maximum atomic E-state index is 14.2. The molecule has 6 N–H and O–H groups in total. The number of aromatic hydroxyl groups is 1. The number of Topliss-reactive ketones (excluding diaryl/α,β-unsaturated/α-hetero) is 1. The molecule has 3 aliphatic rings. The Kier molecular flexibility index (Phi) is 9.19. The lowest BCUT2D eigenvalue weighted by Gasteiger charge is -2.39. The van der Waals surface area contributed by atoms with Crippen LogP contribution in [0.1, 0.15) is 69.0 Å². The largest absolute Gasteiger partial charge is 0.506 e. The molecule has 6 rings (SSSR count). The Morgan fingerprint density at radius 3 is 2.54 bits per heavy atom. The maximum Gasteiger partial charge on any atom is 0.254 e. The molecule has 1 aliphatic carbocycles. The fourth-order valence-electron chi connectivity index (χ4n) is 7.02. The lowest BCUT2D eigenvalue weighted by molar-refractivity contribution is -0.277. The van der Waals surface area contributed by atoms with Crippen LogP contribution >= 0.6 is 0 Å². The molecule has 0 bridgehead atoms. The van der Waals surface area contributed by atoms with Crippen LogP contribution in [0.2, 0.25) is 0 Å². The van der Waals surface area contributed by atoms with E-state index >= 15 is 0 Å². The number of carbonyl (C=O) groups is 2. The van der Waals surface area contributed by atoms with Crippen molar-refractivity contribution in [3.8, 4) is 17.2 Å². The van der Waals surface area contributed by atoms with Crippen LogP contribution in [-0.4, -0.2) is 100 Å². The summed E-state index contributed by atoms with van der Waals surface area (Å²) in [5.41, 5.74) is 3.19. The van der Waals surface area contributed by atoms with Crippen molar-refractivity contribution in [2.75, 3.05) is 27.3 Å². The van der Waals surface area contributed by atoms with E-state index in [2.05, 4.69) is 5.32 Å². The van der Waals surface area contributed by atoms with E-state index in [1.165, 1.54) is 18.1 Å². The number of aliphatic hydroxyl groups is 4. The van der Waals surface area contributed by atoms with Gasteiger partial charge in [-0.2, -0.15) is 0 Å². The zero-order valence-electron chi connectivity index (χ0n) is 25.8. The molecule has 12 nitrogen and oxygen atoms in total. The summed E-state index contributed by atoms with van der Waals surface area (Å²) in [6, 6.07) is 10.5. The number of phenols is 1. The molecule has 2 fully saturated rings. The van der Waals surface area contributed by atoms with Gasteiger partial charge in [0, 0.05) is 24.7 Å². The Balaban J connectivity index is 1.41. The van der Waals surface area contributed by atoms with E-state index in [0.29, 0.717) is 28.8 Å². The minimum Gasteiger partial charge on any atom is -0.506 e. The number of rotatable bonds is 10. The summed E-state index contributed by atoms with van der Waals surface area (Å²) >= 11 is 0. The molecule has 1 saturated carbocycles. The molecule has 0 spiro atoms. The molecule has 0 aromatic heterocycles. The molecule has 2 aliphatic heterocycles. The van der Waals surface area contributed by atoms with Crippen molar-refractivity contribution in [3.05, 3.63) is 64.2 Å². The Morgan fingerprint density at radius 1 is 1.09 bits per heavy atom. The van der Waals surface area contributed by atoms with Gasteiger partial charge in [-0.1, -0.05) is 25.0 Å². The quantitative estimate of drug-likeness (QED) is 0.179. The minimum atomic E-state index is -1.70. The number of nitrogens with zero attached hydrogens (tertiary/aromatic N) is 1. The summed E-state index contributed by atoms with van der Waals surface area (Å²) in [5, 5.41) is 56.6. The summed E-state index contributed by atoms with van der Waals surface area (Å²) in [7, 11) is 3.29. The number of carbonyl (C=O) groups excluding carboxylic acids is 2. The number of amides is 1. The van der Waals surface area contributed by atoms with E-state index in [1.54, 1.807) is 12.1 Å². The van der Waals surface area contributed by atoms with Gasteiger partial charge in [0.15, 0.2) is 5.78 Å². The van der Waals surface area contributed by atoms with Gasteiger partial charge >= 0.3 is 0 Å². The monoisotopic (exact) mass is 636 g/mol. The van der Waals surface area contributed by atoms with Gasteiger partial charge in [-0.3, -0.25) is 9.59 Å². The molecule has 2 heterocycles. The van der Waals surface area contributed by atoms with Crippen LogP contribution in [0, 0.1) is 0 Å². The third-order valence-corrected chi connectivity index (χ3v) is 9.42. The van der Waals surface area contributed by atoms with Crippen molar-refractivity contribution in [1.29, 1.82) is 0 Å². The average Bonchev–Trinajstić information content (AvgIpc) is 3.70. The molecule has 0 radical (unpaired) electrons. The van der Waals surface area contributed by atoms with E-state index in [9.17, 15) is 35.1 Å². The van der Waals surface area contributed by atoms with Crippen molar-refractivity contribution < 1.29 is 49.3 Å². The van der Waals surface area contributed by atoms with Gasteiger partial charge in [-0.15, -0.1) is 0 Å². The standard InChI is InChI=1S/C34H40N2O10/c1-35-13-18-8-5-9-21-23(18)14-36(33(21)43)15-24(38)28-22(17-6-3-4-7-17)11-19-10-20(44-2)12-25(27(19)30(28)40)45-34-32(42)31(41)29(39)26(16-37)46-34/h5,8-12,17,26,29,31-32,34-35,37,39-42H,3-4,6-7,13-16H2,1-2H3/t26-,29-,31+,32-,34-/m1/s1. The Bertz CT molecular complexity index is 1640. The van der Waals surface area contributed by atoms with Crippen LogP contribution in [0.15, 0.2) is 36.4 Å². The van der Waals surface area contributed by atoms with E-state index in [4.69, 9.17) is 14.2 Å². The number of methoxy groups -OCH3 is 1. The van der Waals surface area contributed by atoms with Crippen LogP contribution < -0.4 is 14.8 Å². The van der Waals surface area contributed by atoms with Gasteiger partial charge in [0.2, 0.25) is 6.29 Å². The van der Waals surface area contributed by atoms with Crippen molar-refractivity contribution in [2.45, 2.75) is 75.4 Å². The van der Waals surface area contributed by atoms with Crippen molar-refractivity contribution >= 4 is 22.5 Å². The first-order valence-electron chi connectivity index (χ1n) is 15.6. The summed E-state index contributed by atoms with van der Waals surface area (Å²) in [6.45, 7) is -0.0397. The molecule has 5 atom stereocenters. The Hall–Kier alpha value is -3.78. The number of hydrogen-bond acceptors (Lipinski definition) is 11. The summed E-state index contributed by atoms with van der Waals surface area (Å²) in [5.74, 6) is -0.645. The fourth-order valence-corrected chi connectivity index (χ4v) is 7.02. The predicted molar refractivity (Wildman–Crippen MR) is 166 cm³/mol. The molecule has 1 saturated heterocycles. The number of aliphatic hydroxyl groups excluding tert-OH is 4. The van der Waals surface area contributed by atoms with Crippen LogP contribution in [0.25, 0.3) is 10.8 Å². The molecule has 12 heteroatoms. The highest BCUT2D eigenvalue weighted by atomic mass is 16.7. The van der Waals surface area contributed by atoms with E-state index in [0.717, 1.165) is 36.8 Å². The first-order valence-corrected chi connectivity index (χ1v) is 15.6. The fraction of sp³-hybridized carbons (Fsp3) is 0.471. The lowest BCUT2D eigenvalue weighted by atomic mass is 9.87. The number of ketones is 1. The van der Waals surface area contributed by atoms with Gasteiger partial charge in [-0.25, -0.2) is 0 Å². The summed E-state index contributed by atoms with van der Waals surface area (Å²) < 4.78 is 17.1. The smallest absolute Gasteiger partial charge is 0.254 e. The second-order valence-corrected chi connectivity index (χ2v) is 12.3. The van der Waals surface area contributed by atoms with Crippen molar-refractivity contribution in [2.24, 2.45) is 0 Å². The molecule has 46 heavy (non-hydrogen) atoms. The van der Waals surface area contributed by atoms with E-state index in [-0.39, 0.29) is 47.4 Å². The molecular formula is C34H40N2O10. The van der Waals surface area contributed by atoms with E-state index < -0.39 is 43.1 Å². The third kappa shape index (κ3) is 5.70. The normalized spacial score (nSPS) is 24.9. The highest BCUT2D eigenvalue weighted by Gasteiger charge is 2.45. The van der Waals surface area contributed by atoms with Gasteiger partial charge in [0.25, 0.3) is 5.91 Å². The number of hydrogen-bond donors (Lipinski definition) is 6. The third-order valence-electron chi connectivity index (χ3n) is 9.42. The van der Waals surface area contributed by atoms with Crippen molar-refractivity contribution in [1.82, 2.24) is 10.2 Å². The number of nitrogens with one attached hydrogen (secondary N) is 1. The Morgan fingerprint density at radius 2 is 1.85 bits per heavy atom. The maximum absolute atomic E-state index is 14.2. The van der Waals surface area contributed by atoms with Crippen molar-refractivity contribution in [3.63, 3.8) is 0 Å². The highest BCUT2D eigenvalue weighted by molar-refractivity contribution is 6.11. The number of phenolic OH excluding ortho intramolecular Hbond substituents is 1. The topological polar surface area (TPSA) is 178 Å². The second kappa shape index (κ2) is 13.1. The minimum absolute atomic E-state index is 0.00966. The zero-order chi connectivity index (χ0) is 32.7. The SMILES string of the molecule is CNCc1cccc2c1CN(CC(=O)c1c(C3CCCC3)cc3cc(OC)cc(O[C@@H]4O[C@H](CO)[C@@H](O)[C@H](O)[C@H]4O)c3c1O)C2=O. The molecular weight excluding hydrogens is 596 g/mol. The summed E-state index contributed by atoms with van der Waals surface area (Å²) in [4.78, 5) is 29.1. The van der Waals surface area contributed by atoms with Gasteiger partial charge in [0.1, 0.15) is 41.7 Å². The van der Waals surface area contributed by atoms with Gasteiger partial charge < -0.3 is 50.0 Å². The second-order valence-electron chi connectivity index (χ2n) is 12.3. The number of ether oxygens (including phenoxy) is 3. The van der Waals surface area contributed by atoms with E-state index in [1.807, 2.05) is 25.2 Å². The molecule has 246 valence electrons. The highest BCUT2D eigenvalue weighted by Crippen LogP contribution is 2.46. The van der Waals surface area contributed by atoms with Crippen LogP contribution in [-0.2, 0) is 17.8 Å². The van der Waals surface area contributed by atoms with Crippen LogP contribution in [0.3, 0.4) is 0 Å². The molecule has 0 unspecified atom stereocenters. The predicted octanol–water partition coefficient (Wildman–Crippen LogP) is 1.95. The first kappa shape index (κ1) is 32.2. The number of benzene rings is 3. The molecule has 3 aromatic rings. The van der Waals surface area contributed by atoms with Gasteiger partial charge in [-0.05, 0) is 66.1 Å². The first-order chi connectivity index (χ1) is 22.2.